The molecule has 3 N–H and O–H groups in total. The van der Waals surface area contributed by atoms with Crippen molar-refractivity contribution in [1.29, 1.82) is 0 Å². The first-order chi connectivity index (χ1) is 5.71. The number of halogens is 1. The van der Waals surface area contributed by atoms with Crippen LogP contribution < -0.4 is 10.5 Å². The van der Waals surface area contributed by atoms with Crippen LogP contribution in [0.3, 0.4) is 0 Å². The number of primary amides is 1. The summed E-state index contributed by atoms with van der Waals surface area (Å²) in [4.78, 5) is 10.8. The van der Waals surface area contributed by atoms with Crippen LogP contribution in [0.1, 0.15) is 13.8 Å². The Balaban J connectivity index is 4.26. The molecule has 1 amide bonds. The van der Waals surface area contributed by atoms with Gasteiger partial charge in [-0.3, -0.25) is 4.79 Å². The van der Waals surface area contributed by atoms with Crippen LogP contribution in [-0.4, -0.2) is 26.1 Å². The first-order valence-electron chi connectivity index (χ1n) is 3.54. The lowest BCUT2D eigenvalue weighted by Gasteiger charge is -2.20. The van der Waals surface area contributed by atoms with Crippen LogP contribution >= 0.6 is 11.6 Å². The lowest BCUT2D eigenvalue weighted by atomic mass is 9.93. The van der Waals surface area contributed by atoms with Crippen LogP contribution in [0.4, 0.5) is 0 Å². The van der Waals surface area contributed by atoms with E-state index >= 15 is 0 Å². The third kappa shape index (κ3) is 4.44. The van der Waals surface area contributed by atoms with Gasteiger partial charge in [-0.05, 0) is 13.8 Å². The summed E-state index contributed by atoms with van der Waals surface area (Å²) < 4.78 is 23.9. The molecule has 0 fully saturated rings. The number of rotatable bonds is 5. The second kappa shape index (κ2) is 4.26. The zero-order valence-corrected chi connectivity index (χ0v) is 9.07. The van der Waals surface area contributed by atoms with Crippen molar-refractivity contribution < 1.29 is 13.2 Å². The molecular weight excluding hydrogens is 216 g/mol. The lowest BCUT2D eigenvalue weighted by molar-refractivity contribution is -0.125. The van der Waals surface area contributed by atoms with Gasteiger partial charge in [0.1, 0.15) is 5.21 Å². The van der Waals surface area contributed by atoms with Gasteiger partial charge in [0.05, 0.1) is 5.41 Å². The molecule has 0 aromatic rings. The van der Waals surface area contributed by atoms with Crippen LogP contribution in [-0.2, 0) is 14.8 Å². The first kappa shape index (κ1) is 12.7. The molecule has 7 heteroatoms. The van der Waals surface area contributed by atoms with Crippen LogP contribution in [0, 0.1) is 5.41 Å². The van der Waals surface area contributed by atoms with Gasteiger partial charge in [0, 0.05) is 6.54 Å². The summed E-state index contributed by atoms with van der Waals surface area (Å²) in [6.45, 7) is 3.05. The van der Waals surface area contributed by atoms with E-state index in [1.54, 1.807) is 13.8 Å². The van der Waals surface area contributed by atoms with E-state index in [-0.39, 0.29) is 6.54 Å². The van der Waals surface area contributed by atoms with Gasteiger partial charge in [0.15, 0.2) is 0 Å². The summed E-state index contributed by atoms with van der Waals surface area (Å²) in [5.74, 6) is -0.565. The molecule has 0 atom stereocenters. The lowest BCUT2D eigenvalue weighted by Crippen LogP contribution is -2.42. The summed E-state index contributed by atoms with van der Waals surface area (Å²) in [6.07, 6.45) is 0. The van der Waals surface area contributed by atoms with E-state index in [9.17, 15) is 13.2 Å². The number of amides is 1. The maximum absolute atomic E-state index is 10.9. The Labute approximate surface area is 82.7 Å². The number of nitrogens with two attached hydrogens (primary N) is 1. The molecule has 0 saturated heterocycles. The number of sulfonamides is 1. The number of hydrogen-bond acceptors (Lipinski definition) is 3. The third-order valence-electron chi connectivity index (χ3n) is 1.54. The molecule has 0 heterocycles. The quantitative estimate of drug-likeness (QED) is 0.629. The highest BCUT2D eigenvalue weighted by Gasteiger charge is 2.26. The van der Waals surface area contributed by atoms with Gasteiger partial charge >= 0.3 is 0 Å². The van der Waals surface area contributed by atoms with E-state index in [0.29, 0.717) is 0 Å². The fourth-order valence-electron chi connectivity index (χ4n) is 0.416. The Kier molecular flexibility index (Phi) is 4.15. The average molecular weight is 229 g/mol. The van der Waals surface area contributed by atoms with Gasteiger partial charge in [-0.2, -0.15) is 0 Å². The number of carbonyl (C=O) groups is 1. The van der Waals surface area contributed by atoms with Crippen LogP contribution in [0.25, 0.3) is 0 Å². The van der Waals surface area contributed by atoms with Crippen molar-refractivity contribution in [3.8, 4) is 0 Å². The van der Waals surface area contributed by atoms with E-state index in [1.807, 2.05) is 0 Å². The Morgan fingerprint density at radius 2 is 2.00 bits per heavy atom. The van der Waals surface area contributed by atoms with E-state index in [2.05, 4.69) is 4.72 Å². The molecule has 5 nitrogen and oxygen atoms in total. The Hall–Kier alpha value is -0.330. The largest absolute Gasteiger partial charge is 0.369 e. The zero-order valence-electron chi connectivity index (χ0n) is 7.50. The molecule has 0 radical (unpaired) electrons. The van der Waals surface area contributed by atoms with Crippen LogP contribution in [0.5, 0.6) is 0 Å². The van der Waals surface area contributed by atoms with Crippen molar-refractivity contribution in [1.82, 2.24) is 4.72 Å². The molecule has 0 aliphatic heterocycles. The molecule has 13 heavy (non-hydrogen) atoms. The third-order valence-corrected chi connectivity index (χ3v) is 3.28. The Morgan fingerprint density at radius 1 is 1.54 bits per heavy atom. The molecule has 78 valence electrons. The number of alkyl halides is 1. The SMILES string of the molecule is CC(C)(CNS(=O)(=O)CCl)C(N)=O. The Bertz CT molecular complexity index is 286. The molecule has 0 aromatic carbocycles. The minimum atomic E-state index is -3.48. The number of carbonyl (C=O) groups excluding carboxylic acids is 1. The van der Waals surface area contributed by atoms with Gasteiger partial charge in [0.25, 0.3) is 0 Å². The second-order valence-corrected chi connectivity index (χ2v) is 5.68. The topological polar surface area (TPSA) is 89.3 Å². The molecular formula is C6H13ClN2O3S. The van der Waals surface area contributed by atoms with Gasteiger partial charge in [-0.15, -0.1) is 11.6 Å². The monoisotopic (exact) mass is 228 g/mol. The molecule has 0 aromatic heterocycles. The molecule has 0 unspecified atom stereocenters. The molecule has 0 bridgehead atoms. The van der Waals surface area contributed by atoms with Crippen molar-refractivity contribution in [2.45, 2.75) is 13.8 Å². The predicted molar refractivity (Wildman–Crippen MR) is 50.6 cm³/mol. The second-order valence-electron chi connectivity index (χ2n) is 3.29. The predicted octanol–water partition coefficient (Wildman–Crippen LogP) is -0.386. The normalized spacial score (nSPS) is 12.8. The standard InChI is InChI=1S/C6H13ClN2O3S/c1-6(2,5(8)10)3-9-13(11,12)4-7/h9H,3-4H2,1-2H3,(H2,8,10). The summed E-state index contributed by atoms with van der Waals surface area (Å²) in [5.41, 5.74) is 4.13. The van der Waals surface area contributed by atoms with E-state index < -0.39 is 26.6 Å². The van der Waals surface area contributed by atoms with Gasteiger partial charge in [-0.1, -0.05) is 0 Å². The number of hydrogen-bond donors (Lipinski definition) is 2. The fourth-order valence-corrected chi connectivity index (χ4v) is 1.31. The minimum Gasteiger partial charge on any atom is -0.369 e. The van der Waals surface area contributed by atoms with Crippen molar-refractivity contribution in [3.63, 3.8) is 0 Å². The molecule has 0 saturated carbocycles. The molecule has 0 spiro atoms. The zero-order chi connectivity index (χ0) is 10.7. The van der Waals surface area contributed by atoms with Gasteiger partial charge in [-0.25, -0.2) is 13.1 Å². The van der Waals surface area contributed by atoms with Crippen molar-refractivity contribution in [2.75, 3.05) is 11.8 Å². The summed E-state index contributed by atoms with van der Waals surface area (Å²) in [7, 11) is -3.48. The Morgan fingerprint density at radius 3 is 2.31 bits per heavy atom. The minimum absolute atomic E-state index is 0.0443. The fraction of sp³-hybridized carbons (Fsp3) is 0.833. The summed E-state index contributed by atoms with van der Waals surface area (Å²) >= 11 is 5.13. The molecule has 0 rings (SSSR count). The van der Waals surface area contributed by atoms with E-state index in [4.69, 9.17) is 17.3 Å². The first-order valence-corrected chi connectivity index (χ1v) is 5.73. The highest BCUT2D eigenvalue weighted by atomic mass is 35.5. The van der Waals surface area contributed by atoms with E-state index in [1.165, 1.54) is 0 Å². The van der Waals surface area contributed by atoms with Crippen LogP contribution in [0.15, 0.2) is 0 Å². The van der Waals surface area contributed by atoms with Crippen molar-refractivity contribution in [3.05, 3.63) is 0 Å². The van der Waals surface area contributed by atoms with Gasteiger partial charge in [0.2, 0.25) is 15.9 Å². The smallest absolute Gasteiger partial charge is 0.225 e. The van der Waals surface area contributed by atoms with E-state index in [0.717, 1.165) is 0 Å². The maximum atomic E-state index is 10.9. The van der Waals surface area contributed by atoms with Crippen molar-refractivity contribution >= 4 is 27.5 Å². The number of nitrogens with one attached hydrogen (secondary N) is 1. The van der Waals surface area contributed by atoms with Crippen LogP contribution in [0.2, 0.25) is 0 Å². The average Bonchev–Trinajstić information content (AvgIpc) is 2.01. The highest BCUT2D eigenvalue weighted by Crippen LogP contribution is 2.12. The highest BCUT2D eigenvalue weighted by molar-refractivity contribution is 7.90. The van der Waals surface area contributed by atoms with Crippen molar-refractivity contribution in [2.24, 2.45) is 11.1 Å². The summed E-state index contributed by atoms with van der Waals surface area (Å²) in [6, 6.07) is 0. The summed E-state index contributed by atoms with van der Waals surface area (Å²) in [5, 5.41) is -0.526. The molecule has 0 aliphatic rings. The van der Waals surface area contributed by atoms with Gasteiger partial charge < -0.3 is 5.73 Å². The molecule has 0 aliphatic carbocycles. The maximum Gasteiger partial charge on any atom is 0.225 e.